The SMILES string of the molecule is C[Si](C)(C)c1ccc(CN2C3CCC2CC(N)C3)cc1. The molecule has 2 bridgehead atoms. The van der Waals surface area contributed by atoms with Gasteiger partial charge in [-0.05, 0) is 31.2 Å². The second-order valence-electron chi connectivity index (χ2n) is 7.74. The quantitative estimate of drug-likeness (QED) is 0.867. The summed E-state index contributed by atoms with van der Waals surface area (Å²) >= 11 is 0. The standard InChI is InChI=1S/C17H28N2Si/c1-20(2,3)17-8-4-13(5-9-17)12-19-15-6-7-16(19)11-14(18)10-15/h4-5,8-9,14-16H,6-7,10-12,18H2,1-3H3. The Morgan fingerprint density at radius 3 is 2.10 bits per heavy atom. The minimum atomic E-state index is -1.16. The Bertz CT molecular complexity index is 449. The van der Waals surface area contributed by atoms with E-state index in [9.17, 15) is 0 Å². The normalized spacial score (nSPS) is 30.7. The minimum Gasteiger partial charge on any atom is -0.328 e. The van der Waals surface area contributed by atoms with Crippen LogP contribution in [0.2, 0.25) is 19.6 Å². The summed E-state index contributed by atoms with van der Waals surface area (Å²) in [5.74, 6) is 0. The number of fused-ring (bicyclic) bond motifs is 2. The van der Waals surface area contributed by atoms with Crippen molar-refractivity contribution in [3.05, 3.63) is 29.8 Å². The Balaban J connectivity index is 1.70. The average molecular weight is 289 g/mol. The number of piperidine rings is 1. The molecule has 0 saturated carbocycles. The van der Waals surface area contributed by atoms with Crippen LogP contribution in [-0.2, 0) is 6.54 Å². The van der Waals surface area contributed by atoms with Gasteiger partial charge in [0.25, 0.3) is 0 Å². The molecule has 2 aliphatic rings. The maximum Gasteiger partial charge on any atom is 0.0775 e. The van der Waals surface area contributed by atoms with Gasteiger partial charge < -0.3 is 5.73 Å². The first kappa shape index (κ1) is 14.3. The fourth-order valence-electron chi connectivity index (χ4n) is 3.90. The Hall–Kier alpha value is -0.643. The predicted octanol–water partition coefficient (Wildman–Crippen LogP) is 2.69. The molecular weight excluding hydrogens is 260 g/mol. The molecule has 2 N–H and O–H groups in total. The zero-order valence-corrected chi connectivity index (χ0v) is 14.1. The molecule has 3 rings (SSSR count). The fourth-order valence-corrected chi connectivity index (χ4v) is 5.06. The van der Waals surface area contributed by atoms with Gasteiger partial charge in [0, 0.05) is 24.7 Å². The number of rotatable bonds is 3. The zero-order valence-electron chi connectivity index (χ0n) is 13.1. The van der Waals surface area contributed by atoms with Crippen LogP contribution in [-0.4, -0.2) is 31.1 Å². The molecular formula is C17H28N2Si. The molecule has 20 heavy (non-hydrogen) atoms. The van der Waals surface area contributed by atoms with Gasteiger partial charge in [-0.25, -0.2) is 0 Å². The topological polar surface area (TPSA) is 29.3 Å². The molecule has 0 aliphatic carbocycles. The van der Waals surface area contributed by atoms with Crippen LogP contribution in [0, 0.1) is 0 Å². The molecule has 2 unspecified atom stereocenters. The van der Waals surface area contributed by atoms with E-state index in [1.807, 2.05) is 0 Å². The van der Waals surface area contributed by atoms with Gasteiger partial charge in [0.2, 0.25) is 0 Å². The zero-order chi connectivity index (χ0) is 14.3. The highest BCUT2D eigenvalue weighted by Gasteiger charge is 2.39. The molecule has 2 atom stereocenters. The van der Waals surface area contributed by atoms with Crippen LogP contribution in [0.4, 0.5) is 0 Å². The summed E-state index contributed by atoms with van der Waals surface area (Å²) < 4.78 is 0. The second-order valence-corrected chi connectivity index (χ2v) is 12.8. The van der Waals surface area contributed by atoms with Gasteiger partial charge in [0.15, 0.2) is 0 Å². The van der Waals surface area contributed by atoms with Crippen molar-refractivity contribution in [3.8, 4) is 0 Å². The molecule has 1 aromatic carbocycles. The van der Waals surface area contributed by atoms with E-state index in [1.54, 1.807) is 5.19 Å². The maximum atomic E-state index is 6.16. The van der Waals surface area contributed by atoms with Crippen LogP contribution in [0.5, 0.6) is 0 Å². The molecule has 0 spiro atoms. The van der Waals surface area contributed by atoms with Crippen molar-refractivity contribution >= 4 is 13.3 Å². The Morgan fingerprint density at radius 2 is 1.60 bits per heavy atom. The minimum absolute atomic E-state index is 0.443. The van der Waals surface area contributed by atoms with Gasteiger partial charge >= 0.3 is 0 Å². The number of hydrogen-bond donors (Lipinski definition) is 1. The Labute approximate surface area is 124 Å². The third-order valence-corrected chi connectivity index (χ3v) is 7.17. The van der Waals surface area contributed by atoms with E-state index in [0.29, 0.717) is 6.04 Å². The van der Waals surface area contributed by atoms with Crippen LogP contribution in [0.3, 0.4) is 0 Å². The van der Waals surface area contributed by atoms with E-state index in [0.717, 1.165) is 18.6 Å². The summed E-state index contributed by atoms with van der Waals surface area (Å²) in [6.45, 7) is 8.35. The van der Waals surface area contributed by atoms with Gasteiger partial charge in [0.05, 0.1) is 8.07 Å². The van der Waals surface area contributed by atoms with Gasteiger partial charge in [-0.2, -0.15) is 0 Å². The van der Waals surface area contributed by atoms with Gasteiger partial charge in [-0.15, -0.1) is 0 Å². The Kier molecular flexibility index (Phi) is 3.78. The van der Waals surface area contributed by atoms with Crippen molar-refractivity contribution < 1.29 is 0 Å². The van der Waals surface area contributed by atoms with Gasteiger partial charge in [-0.3, -0.25) is 4.90 Å². The van der Waals surface area contributed by atoms with Crippen molar-refractivity contribution in [2.75, 3.05) is 0 Å². The molecule has 2 aliphatic heterocycles. The lowest BCUT2D eigenvalue weighted by molar-refractivity contribution is 0.120. The lowest BCUT2D eigenvalue weighted by atomic mass is 9.97. The largest absolute Gasteiger partial charge is 0.328 e. The first-order chi connectivity index (χ1) is 9.43. The highest BCUT2D eigenvalue weighted by Crippen LogP contribution is 2.36. The molecule has 2 nitrogen and oxygen atoms in total. The van der Waals surface area contributed by atoms with Crippen LogP contribution in [0.25, 0.3) is 0 Å². The molecule has 0 radical (unpaired) electrons. The number of hydrogen-bond acceptors (Lipinski definition) is 2. The monoisotopic (exact) mass is 288 g/mol. The number of nitrogens with two attached hydrogens (primary N) is 1. The number of nitrogens with zero attached hydrogens (tertiary/aromatic N) is 1. The van der Waals surface area contributed by atoms with E-state index in [2.05, 4.69) is 48.8 Å². The molecule has 3 heteroatoms. The molecule has 2 heterocycles. The number of benzene rings is 1. The first-order valence-electron chi connectivity index (χ1n) is 8.04. The van der Waals surface area contributed by atoms with E-state index in [1.165, 1.54) is 31.2 Å². The lowest BCUT2D eigenvalue weighted by Crippen LogP contribution is -2.46. The van der Waals surface area contributed by atoms with Crippen molar-refractivity contribution in [1.29, 1.82) is 0 Å². The molecule has 0 amide bonds. The van der Waals surface area contributed by atoms with Crippen molar-refractivity contribution in [2.24, 2.45) is 5.73 Å². The van der Waals surface area contributed by atoms with E-state index in [-0.39, 0.29) is 0 Å². The van der Waals surface area contributed by atoms with Crippen LogP contribution >= 0.6 is 0 Å². The highest BCUT2D eigenvalue weighted by molar-refractivity contribution is 6.88. The molecule has 2 saturated heterocycles. The molecule has 0 aromatic heterocycles. The van der Waals surface area contributed by atoms with E-state index in [4.69, 9.17) is 5.73 Å². The summed E-state index contributed by atoms with van der Waals surface area (Å²) in [6.07, 6.45) is 5.10. The van der Waals surface area contributed by atoms with Crippen molar-refractivity contribution in [1.82, 2.24) is 4.90 Å². The Morgan fingerprint density at radius 1 is 1.05 bits per heavy atom. The summed E-state index contributed by atoms with van der Waals surface area (Å²) in [5, 5.41) is 1.56. The van der Waals surface area contributed by atoms with Crippen LogP contribution in [0.15, 0.2) is 24.3 Å². The smallest absolute Gasteiger partial charge is 0.0775 e. The third kappa shape index (κ3) is 2.85. The molecule has 110 valence electrons. The van der Waals surface area contributed by atoms with Crippen LogP contribution in [0.1, 0.15) is 31.2 Å². The van der Waals surface area contributed by atoms with Gasteiger partial charge in [0.1, 0.15) is 0 Å². The first-order valence-corrected chi connectivity index (χ1v) is 11.5. The maximum absolute atomic E-state index is 6.16. The highest BCUT2D eigenvalue weighted by atomic mass is 28.3. The second kappa shape index (κ2) is 5.28. The van der Waals surface area contributed by atoms with Gasteiger partial charge in [-0.1, -0.05) is 49.1 Å². The predicted molar refractivity (Wildman–Crippen MR) is 89.0 cm³/mol. The van der Waals surface area contributed by atoms with E-state index < -0.39 is 8.07 Å². The van der Waals surface area contributed by atoms with Crippen LogP contribution < -0.4 is 10.9 Å². The summed E-state index contributed by atoms with van der Waals surface area (Å²) in [4.78, 5) is 2.72. The summed E-state index contributed by atoms with van der Waals surface area (Å²) in [7, 11) is -1.16. The summed E-state index contributed by atoms with van der Waals surface area (Å²) in [6, 6.07) is 11.3. The molecule has 1 aromatic rings. The molecule has 2 fully saturated rings. The van der Waals surface area contributed by atoms with E-state index >= 15 is 0 Å². The van der Waals surface area contributed by atoms with Crippen molar-refractivity contribution in [2.45, 2.75) is 70.0 Å². The summed E-state index contributed by atoms with van der Waals surface area (Å²) in [5.41, 5.74) is 7.63. The lowest BCUT2D eigenvalue weighted by Gasteiger charge is -2.37. The third-order valence-electron chi connectivity index (χ3n) is 5.11. The average Bonchev–Trinajstić information content (AvgIpc) is 2.62. The van der Waals surface area contributed by atoms with Crippen molar-refractivity contribution in [3.63, 3.8) is 0 Å². The fraction of sp³-hybridized carbons (Fsp3) is 0.647.